The Morgan fingerprint density at radius 2 is 1.96 bits per heavy atom. The number of amides is 1. The first-order valence-corrected chi connectivity index (χ1v) is 8.78. The minimum Gasteiger partial charge on any atom is -0.323 e. The van der Waals surface area contributed by atoms with Gasteiger partial charge in [-0.15, -0.1) is 0 Å². The highest BCUT2D eigenvalue weighted by molar-refractivity contribution is 5.90. The number of carbonyl (C=O) groups excluding carboxylic acids is 1. The number of carbonyl (C=O) groups is 1. The van der Waals surface area contributed by atoms with Gasteiger partial charge >= 0.3 is 0 Å². The summed E-state index contributed by atoms with van der Waals surface area (Å²) in [5, 5.41) is 6.94. The van der Waals surface area contributed by atoms with E-state index in [-0.39, 0.29) is 29.8 Å². The van der Waals surface area contributed by atoms with E-state index in [9.17, 15) is 18.4 Å². The Hall–Kier alpha value is -3.10. The number of benzene rings is 1. The van der Waals surface area contributed by atoms with Crippen LogP contribution in [0.5, 0.6) is 0 Å². The molecule has 9 heteroatoms. The maximum absolute atomic E-state index is 13.6. The second-order valence-electron chi connectivity index (χ2n) is 7.50. The number of aryl methyl sites for hydroxylation is 1. The minimum atomic E-state index is -0.735. The second-order valence-corrected chi connectivity index (χ2v) is 7.50. The van der Waals surface area contributed by atoms with Gasteiger partial charge in [-0.05, 0) is 39.8 Å². The summed E-state index contributed by atoms with van der Waals surface area (Å²) in [6.07, 6.45) is 1.37. The van der Waals surface area contributed by atoms with Crippen LogP contribution < -0.4 is 10.9 Å². The van der Waals surface area contributed by atoms with Crippen molar-refractivity contribution in [1.29, 1.82) is 0 Å². The lowest BCUT2D eigenvalue weighted by molar-refractivity contribution is -0.116. The molecule has 3 rings (SSSR count). The van der Waals surface area contributed by atoms with E-state index >= 15 is 0 Å². The van der Waals surface area contributed by atoms with E-state index in [2.05, 4.69) is 15.4 Å². The van der Waals surface area contributed by atoms with Crippen LogP contribution in [0, 0.1) is 18.6 Å². The van der Waals surface area contributed by atoms with E-state index in [1.165, 1.54) is 10.8 Å². The van der Waals surface area contributed by atoms with E-state index in [0.717, 1.165) is 18.2 Å². The van der Waals surface area contributed by atoms with Crippen molar-refractivity contribution in [2.24, 2.45) is 0 Å². The molecule has 0 spiro atoms. The fourth-order valence-electron chi connectivity index (χ4n) is 2.88. The summed E-state index contributed by atoms with van der Waals surface area (Å²) in [7, 11) is 0. The second kappa shape index (κ2) is 7.14. The number of nitrogens with one attached hydrogen (secondary N) is 1. The fourth-order valence-corrected chi connectivity index (χ4v) is 2.88. The van der Waals surface area contributed by atoms with Crippen LogP contribution in [0.3, 0.4) is 0 Å². The molecular formula is C19H21F2N5O2. The van der Waals surface area contributed by atoms with Crippen LogP contribution in [0.1, 0.15) is 33.0 Å². The van der Waals surface area contributed by atoms with Crippen LogP contribution in [-0.4, -0.2) is 25.2 Å². The van der Waals surface area contributed by atoms with Crippen molar-refractivity contribution in [2.75, 3.05) is 5.32 Å². The smallest absolute Gasteiger partial charge is 0.264 e. The predicted molar refractivity (Wildman–Crippen MR) is 101 cm³/mol. The van der Waals surface area contributed by atoms with Crippen molar-refractivity contribution >= 4 is 22.6 Å². The Morgan fingerprint density at radius 1 is 1.25 bits per heavy atom. The molecule has 0 bridgehead atoms. The van der Waals surface area contributed by atoms with E-state index in [4.69, 9.17) is 0 Å². The van der Waals surface area contributed by atoms with Gasteiger partial charge in [-0.2, -0.15) is 5.10 Å². The van der Waals surface area contributed by atoms with Gasteiger partial charge in [0.2, 0.25) is 5.91 Å². The fraction of sp³-hybridized carbons (Fsp3) is 0.368. The summed E-state index contributed by atoms with van der Waals surface area (Å²) in [4.78, 5) is 29.4. The van der Waals surface area contributed by atoms with E-state index in [0.29, 0.717) is 16.9 Å². The summed E-state index contributed by atoms with van der Waals surface area (Å²) in [6.45, 7) is 7.59. The zero-order chi connectivity index (χ0) is 20.6. The maximum Gasteiger partial charge on any atom is 0.264 e. The molecule has 7 nitrogen and oxygen atoms in total. The number of nitrogens with zero attached hydrogens (tertiary/aromatic N) is 4. The quantitative estimate of drug-likeness (QED) is 0.744. The highest BCUT2D eigenvalue weighted by Gasteiger charge is 2.21. The van der Waals surface area contributed by atoms with Crippen molar-refractivity contribution in [3.05, 3.63) is 52.2 Å². The zero-order valence-electron chi connectivity index (χ0n) is 16.1. The van der Waals surface area contributed by atoms with Gasteiger partial charge in [0.05, 0.1) is 17.4 Å². The van der Waals surface area contributed by atoms with E-state index < -0.39 is 17.5 Å². The summed E-state index contributed by atoms with van der Waals surface area (Å²) in [6, 6.07) is 2.80. The maximum atomic E-state index is 13.6. The average Bonchev–Trinajstić information content (AvgIpc) is 3.02. The minimum absolute atomic E-state index is 0.0527. The number of halogens is 2. The Bertz CT molecular complexity index is 1110. The van der Waals surface area contributed by atoms with Gasteiger partial charge in [-0.25, -0.2) is 18.4 Å². The lowest BCUT2D eigenvalue weighted by Crippen LogP contribution is -2.28. The van der Waals surface area contributed by atoms with Gasteiger partial charge in [0.15, 0.2) is 5.65 Å². The Kier molecular flexibility index (Phi) is 5.01. The first kappa shape index (κ1) is 19.7. The van der Waals surface area contributed by atoms with Gasteiger partial charge in [-0.1, -0.05) is 0 Å². The molecule has 2 heterocycles. The lowest BCUT2D eigenvalue weighted by Gasteiger charge is -2.20. The lowest BCUT2D eigenvalue weighted by atomic mass is 10.1. The number of hydrogen-bond acceptors (Lipinski definition) is 4. The molecule has 0 saturated heterocycles. The monoisotopic (exact) mass is 389 g/mol. The summed E-state index contributed by atoms with van der Waals surface area (Å²) in [5.41, 5.74) is -0.399. The average molecular weight is 389 g/mol. The molecule has 1 amide bonds. The molecule has 0 aliphatic rings. The molecule has 0 fully saturated rings. The van der Waals surface area contributed by atoms with Gasteiger partial charge < -0.3 is 5.32 Å². The van der Waals surface area contributed by atoms with Crippen LogP contribution in [0.25, 0.3) is 11.0 Å². The van der Waals surface area contributed by atoms with E-state index in [1.807, 2.05) is 20.8 Å². The number of hydrogen-bond donors (Lipinski definition) is 1. The summed E-state index contributed by atoms with van der Waals surface area (Å²) in [5.74, 6) is -1.50. The van der Waals surface area contributed by atoms with Gasteiger partial charge in [-0.3, -0.25) is 14.2 Å². The van der Waals surface area contributed by atoms with Crippen molar-refractivity contribution in [2.45, 2.75) is 46.2 Å². The molecule has 0 atom stereocenters. The molecule has 3 aromatic rings. The topological polar surface area (TPSA) is 81.8 Å². The highest BCUT2D eigenvalue weighted by Crippen LogP contribution is 2.19. The summed E-state index contributed by atoms with van der Waals surface area (Å²) >= 11 is 0. The van der Waals surface area contributed by atoms with Gasteiger partial charge in [0, 0.05) is 19.0 Å². The zero-order valence-corrected chi connectivity index (χ0v) is 16.1. The molecule has 1 N–H and O–H groups in total. The SMILES string of the molecule is Cc1nc2c(cnn2C(C)(C)C)c(=O)n1CCC(=O)Nc1cc(F)ccc1F. The standard InChI is InChI=1S/C19H21F2N5O2/c1-11-23-17-13(10-22-26(17)19(2,3)4)18(28)25(11)8-7-16(27)24-15-9-12(20)5-6-14(15)21/h5-6,9-10H,7-8H2,1-4H3,(H,24,27). The van der Waals surface area contributed by atoms with Crippen molar-refractivity contribution < 1.29 is 13.6 Å². The van der Waals surface area contributed by atoms with Crippen LogP contribution in [-0.2, 0) is 16.9 Å². The number of aromatic nitrogens is 4. The Morgan fingerprint density at radius 3 is 2.64 bits per heavy atom. The summed E-state index contributed by atoms with van der Waals surface area (Å²) < 4.78 is 29.9. The molecule has 0 aliphatic heterocycles. The Balaban J connectivity index is 1.82. The molecule has 28 heavy (non-hydrogen) atoms. The molecule has 148 valence electrons. The molecular weight excluding hydrogens is 368 g/mol. The first-order chi connectivity index (χ1) is 13.1. The molecule has 0 saturated carbocycles. The molecule has 0 aliphatic carbocycles. The largest absolute Gasteiger partial charge is 0.323 e. The first-order valence-electron chi connectivity index (χ1n) is 8.78. The number of fused-ring (bicyclic) bond motifs is 1. The molecule has 0 unspecified atom stereocenters. The van der Waals surface area contributed by atoms with Gasteiger partial charge in [0.25, 0.3) is 5.56 Å². The Labute approximate surface area is 160 Å². The van der Waals surface area contributed by atoms with Crippen LogP contribution >= 0.6 is 0 Å². The normalized spacial score (nSPS) is 11.8. The van der Waals surface area contributed by atoms with Crippen LogP contribution in [0.4, 0.5) is 14.5 Å². The third-order valence-corrected chi connectivity index (χ3v) is 4.28. The number of anilines is 1. The molecule has 0 radical (unpaired) electrons. The van der Waals surface area contributed by atoms with E-state index in [1.54, 1.807) is 11.6 Å². The van der Waals surface area contributed by atoms with Crippen LogP contribution in [0.2, 0.25) is 0 Å². The third kappa shape index (κ3) is 3.78. The van der Waals surface area contributed by atoms with Crippen molar-refractivity contribution in [3.8, 4) is 0 Å². The van der Waals surface area contributed by atoms with Crippen molar-refractivity contribution in [3.63, 3.8) is 0 Å². The number of rotatable bonds is 4. The van der Waals surface area contributed by atoms with Crippen molar-refractivity contribution in [1.82, 2.24) is 19.3 Å². The predicted octanol–water partition coefficient (Wildman–Crippen LogP) is 2.96. The van der Waals surface area contributed by atoms with Crippen LogP contribution in [0.15, 0.2) is 29.2 Å². The molecule has 2 aromatic heterocycles. The third-order valence-electron chi connectivity index (χ3n) is 4.28. The van der Waals surface area contributed by atoms with Gasteiger partial charge in [0.1, 0.15) is 22.8 Å². The molecule has 1 aromatic carbocycles. The highest BCUT2D eigenvalue weighted by atomic mass is 19.1.